The molecule has 1 saturated carbocycles. The lowest BCUT2D eigenvalue weighted by molar-refractivity contribution is -0.143. The van der Waals surface area contributed by atoms with Gasteiger partial charge < -0.3 is 14.8 Å². The zero-order valence-corrected chi connectivity index (χ0v) is 17.2. The van der Waals surface area contributed by atoms with E-state index in [0.717, 1.165) is 49.5 Å². The van der Waals surface area contributed by atoms with Crippen LogP contribution in [0, 0.1) is 5.92 Å². The number of fused-ring (bicyclic) bond motifs is 1. The summed E-state index contributed by atoms with van der Waals surface area (Å²) in [7, 11) is 0. The number of esters is 1. The Morgan fingerprint density at radius 3 is 3.10 bits per heavy atom. The number of nitrogens with zero attached hydrogens (tertiary/aromatic N) is 1. The molecule has 1 N–H and O–H groups in total. The van der Waals surface area contributed by atoms with Crippen molar-refractivity contribution < 1.29 is 14.3 Å². The number of aromatic nitrogens is 1. The molecule has 4 rings (SSSR count). The Balaban J connectivity index is 1.25. The Labute approximate surface area is 172 Å². The van der Waals surface area contributed by atoms with Crippen molar-refractivity contribution in [1.29, 1.82) is 0 Å². The van der Waals surface area contributed by atoms with E-state index in [2.05, 4.69) is 35.6 Å². The second kappa shape index (κ2) is 9.29. The van der Waals surface area contributed by atoms with Crippen LogP contribution in [-0.2, 0) is 22.4 Å². The number of carbonyl (C=O) groups is 1. The third kappa shape index (κ3) is 5.28. The Morgan fingerprint density at radius 2 is 2.21 bits per heavy atom. The Hall–Kier alpha value is -2.56. The minimum Gasteiger partial charge on any atom is -0.493 e. The largest absolute Gasteiger partial charge is 0.493 e. The fourth-order valence-corrected chi connectivity index (χ4v) is 4.13. The highest BCUT2D eigenvalue weighted by molar-refractivity contribution is 5.69. The third-order valence-corrected chi connectivity index (χ3v) is 5.81. The maximum absolute atomic E-state index is 11.5. The van der Waals surface area contributed by atoms with Gasteiger partial charge in [0.1, 0.15) is 11.6 Å². The number of hydrogen-bond acceptors (Lipinski definition) is 5. The minimum atomic E-state index is -0.0822. The second-order valence-electron chi connectivity index (χ2n) is 7.96. The van der Waals surface area contributed by atoms with Crippen molar-refractivity contribution in [2.45, 2.75) is 51.4 Å². The predicted molar refractivity (Wildman–Crippen MR) is 113 cm³/mol. The van der Waals surface area contributed by atoms with Crippen molar-refractivity contribution in [2.75, 3.05) is 25.1 Å². The summed E-state index contributed by atoms with van der Waals surface area (Å²) in [5.41, 5.74) is 3.69. The monoisotopic (exact) mass is 394 g/mol. The summed E-state index contributed by atoms with van der Waals surface area (Å²) in [6.45, 7) is 3.94. The van der Waals surface area contributed by atoms with E-state index in [1.165, 1.54) is 17.5 Å². The molecule has 0 radical (unpaired) electrons. The van der Waals surface area contributed by atoms with E-state index in [1.54, 1.807) is 0 Å². The number of carbonyl (C=O) groups excluding carboxylic acids is 1. The van der Waals surface area contributed by atoms with Crippen molar-refractivity contribution >= 4 is 11.8 Å². The fraction of sp³-hybridized carbons (Fsp3) is 0.500. The summed E-state index contributed by atoms with van der Waals surface area (Å²) in [5.74, 6) is 3.00. The molecule has 29 heavy (non-hydrogen) atoms. The van der Waals surface area contributed by atoms with Crippen molar-refractivity contribution in [1.82, 2.24) is 4.98 Å². The molecular formula is C24H30N2O3. The summed E-state index contributed by atoms with van der Waals surface area (Å²) in [4.78, 5) is 16.3. The number of nitrogens with one attached hydrogen (secondary N) is 1. The molecule has 1 aromatic carbocycles. The second-order valence-corrected chi connectivity index (χ2v) is 7.96. The van der Waals surface area contributed by atoms with E-state index in [9.17, 15) is 4.79 Å². The number of aryl methyl sites for hydroxylation is 1. The third-order valence-electron chi connectivity index (χ3n) is 5.81. The summed E-state index contributed by atoms with van der Waals surface area (Å²) >= 11 is 0. The van der Waals surface area contributed by atoms with E-state index >= 15 is 0 Å². The van der Waals surface area contributed by atoms with E-state index in [-0.39, 0.29) is 5.97 Å². The van der Waals surface area contributed by atoms with Gasteiger partial charge in [0.25, 0.3) is 0 Å². The molecule has 1 fully saturated rings. The highest BCUT2D eigenvalue weighted by Crippen LogP contribution is 2.50. The van der Waals surface area contributed by atoms with E-state index < -0.39 is 0 Å². The molecule has 5 nitrogen and oxygen atoms in total. The first-order valence-corrected chi connectivity index (χ1v) is 10.8. The highest BCUT2D eigenvalue weighted by atomic mass is 16.5. The molecule has 0 bridgehead atoms. The van der Waals surface area contributed by atoms with Crippen LogP contribution in [0.25, 0.3) is 0 Å². The molecular weight excluding hydrogens is 364 g/mol. The van der Waals surface area contributed by atoms with Gasteiger partial charge in [0.05, 0.1) is 13.2 Å². The number of rotatable bonds is 9. The molecule has 2 atom stereocenters. The molecule has 5 heteroatoms. The molecule has 1 aliphatic carbocycles. The maximum Gasteiger partial charge on any atom is 0.305 e. The van der Waals surface area contributed by atoms with E-state index in [1.807, 2.05) is 13.0 Å². The van der Waals surface area contributed by atoms with Gasteiger partial charge in [-0.1, -0.05) is 18.2 Å². The molecule has 154 valence electrons. The number of ether oxygens (including phenoxy) is 2. The van der Waals surface area contributed by atoms with Gasteiger partial charge in [-0.3, -0.25) is 4.79 Å². The number of pyridine rings is 1. The lowest BCUT2D eigenvalue weighted by Gasteiger charge is -2.17. The summed E-state index contributed by atoms with van der Waals surface area (Å²) in [5, 5.41) is 3.39. The van der Waals surface area contributed by atoms with Crippen LogP contribution >= 0.6 is 0 Å². The first kappa shape index (κ1) is 19.7. The van der Waals surface area contributed by atoms with Crippen molar-refractivity contribution in [3.05, 3.63) is 53.2 Å². The van der Waals surface area contributed by atoms with Crippen LogP contribution in [0.2, 0.25) is 0 Å². The van der Waals surface area contributed by atoms with E-state index in [0.29, 0.717) is 31.5 Å². The van der Waals surface area contributed by atoms with Crippen molar-refractivity contribution in [2.24, 2.45) is 5.92 Å². The van der Waals surface area contributed by atoms with Gasteiger partial charge in [-0.2, -0.15) is 0 Å². The van der Waals surface area contributed by atoms with Crippen LogP contribution in [0.4, 0.5) is 5.82 Å². The topological polar surface area (TPSA) is 60.5 Å². The number of hydrogen-bond donors (Lipinski definition) is 1. The van der Waals surface area contributed by atoms with Gasteiger partial charge in [-0.05, 0) is 73.8 Å². The summed E-state index contributed by atoms with van der Waals surface area (Å²) in [6.07, 6.45) is 5.67. The number of benzene rings is 1. The standard InChI is InChI=1S/C24H30N2O3/c1-2-28-23(27)11-9-19-16-22(19)18-5-3-7-21(15-18)29-14-12-20-10-8-17-6-4-13-25-24(17)26-20/h3,5,7-8,10,15,19,22H,2,4,6,9,11-14,16H2,1H3,(H,25,26). The molecule has 2 unspecified atom stereocenters. The van der Waals surface area contributed by atoms with Crippen LogP contribution < -0.4 is 10.1 Å². The highest BCUT2D eigenvalue weighted by Gasteiger charge is 2.38. The average Bonchev–Trinajstić information content (AvgIpc) is 3.53. The maximum atomic E-state index is 11.5. The molecule has 0 saturated heterocycles. The Bertz CT molecular complexity index is 852. The molecule has 2 heterocycles. The normalized spacial score (nSPS) is 19.8. The number of anilines is 1. The van der Waals surface area contributed by atoms with Crippen LogP contribution in [-0.4, -0.2) is 30.7 Å². The fourth-order valence-electron chi connectivity index (χ4n) is 4.13. The smallest absolute Gasteiger partial charge is 0.305 e. The SMILES string of the molecule is CCOC(=O)CCC1CC1c1cccc(OCCc2ccc3c(n2)NCCC3)c1. The molecule has 1 aromatic heterocycles. The molecule has 2 aromatic rings. The predicted octanol–water partition coefficient (Wildman–Crippen LogP) is 4.51. The first-order valence-electron chi connectivity index (χ1n) is 10.8. The van der Waals surface area contributed by atoms with Crippen LogP contribution in [0.1, 0.15) is 55.3 Å². The lowest BCUT2D eigenvalue weighted by atomic mass is 10.1. The molecule has 0 amide bonds. The van der Waals surface area contributed by atoms with Crippen LogP contribution in [0.5, 0.6) is 5.75 Å². The first-order chi connectivity index (χ1) is 14.2. The van der Waals surface area contributed by atoms with Crippen LogP contribution in [0.3, 0.4) is 0 Å². The van der Waals surface area contributed by atoms with Crippen molar-refractivity contribution in [3.63, 3.8) is 0 Å². The molecule has 0 spiro atoms. The molecule has 1 aliphatic heterocycles. The van der Waals surface area contributed by atoms with Crippen LogP contribution in [0.15, 0.2) is 36.4 Å². The van der Waals surface area contributed by atoms with Crippen molar-refractivity contribution in [3.8, 4) is 5.75 Å². The van der Waals surface area contributed by atoms with Gasteiger partial charge in [0.2, 0.25) is 0 Å². The summed E-state index contributed by atoms with van der Waals surface area (Å²) in [6, 6.07) is 12.7. The Morgan fingerprint density at radius 1 is 1.28 bits per heavy atom. The zero-order valence-electron chi connectivity index (χ0n) is 17.2. The van der Waals surface area contributed by atoms with Gasteiger partial charge >= 0.3 is 5.97 Å². The van der Waals surface area contributed by atoms with Gasteiger partial charge in [0, 0.05) is 25.1 Å². The summed E-state index contributed by atoms with van der Waals surface area (Å²) < 4.78 is 11.0. The lowest BCUT2D eigenvalue weighted by Crippen LogP contribution is -2.14. The zero-order chi connectivity index (χ0) is 20.1. The quantitative estimate of drug-likeness (QED) is 0.634. The van der Waals surface area contributed by atoms with E-state index in [4.69, 9.17) is 14.5 Å². The molecule has 2 aliphatic rings. The van der Waals surface area contributed by atoms with Gasteiger partial charge in [0.15, 0.2) is 0 Å². The minimum absolute atomic E-state index is 0.0822. The Kier molecular flexibility index (Phi) is 6.33. The van der Waals surface area contributed by atoms with Gasteiger partial charge in [-0.25, -0.2) is 4.98 Å². The average molecular weight is 395 g/mol. The van der Waals surface area contributed by atoms with Gasteiger partial charge in [-0.15, -0.1) is 0 Å².